The van der Waals surface area contributed by atoms with Crippen LogP contribution in [0.25, 0.3) is 0 Å². The lowest BCUT2D eigenvalue weighted by atomic mass is 9.91. The van der Waals surface area contributed by atoms with E-state index in [1.165, 1.54) is 19.1 Å². The zero-order chi connectivity index (χ0) is 15.6. The first kappa shape index (κ1) is 15.3. The van der Waals surface area contributed by atoms with Crippen molar-refractivity contribution in [1.82, 2.24) is 0 Å². The van der Waals surface area contributed by atoms with Crippen LogP contribution in [0.2, 0.25) is 5.02 Å². The van der Waals surface area contributed by atoms with Gasteiger partial charge in [-0.2, -0.15) is 0 Å². The molecule has 0 bridgehead atoms. The number of halogens is 2. The molecule has 0 aliphatic rings. The number of nitrogens with one attached hydrogen (secondary N) is 1. The van der Waals surface area contributed by atoms with E-state index in [4.69, 9.17) is 11.6 Å². The van der Waals surface area contributed by atoms with Crippen LogP contribution < -0.4 is 5.32 Å². The van der Waals surface area contributed by atoms with E-state index in [1.807, 2.05) is 25.1 Å². The first-order chi connectivity index (χ1) is 9.83. The molecular weight excluding hydrogens is 293 g/mol. The molecule has 0 aliphatic carbocycles. The third-order valence-corrected chi connectivity index (χ3v) is 3.63. The number of aryl methyl sites for hydroxylation is 1. The number of carboxylic acids is 1. The molecule has 3 nitrogen and oxygen atoms in total. The van der Waals surface area contributed by atoms with Gasteiger partial charge in [0, 0.05) is 5.69 Å². The first-order valence-corrected chi connectivity index (χ1v) is 6.74. The quantitative estimate of drug-likeness (QED) is 0.890. The van der Waals surface area contributed by atoms with Crippen LogP contribution in [-0.4, -0.2) is 11.1 Å². The number of carbonyl (C=O) groups is 1. The molecule has 2 aromatic carbocycles. The lowest BCUT2D eigenvalue weighted by Gasteiger charge is -2.28. The van der Waals surface area contributed by atoms with E-state index in [-0.39, 0.29) is 5.02 Å². The predicted octanol–water partition coefficient (Wildman–Crippen LogP) is 4.20. The summed E-state index contributed by atoms with van der Waals surface area (Å²) in [6.45, 7) is 3.43. The van der Waals surface area contributed by atoms with Crippen LogP contribution in [0, 0.1) is 12.7 Å². The first-order valence-electron chi connectivity index (χ1n) is 6.37. The fourth-order valence-electron chi connectivity index (χ4n) is 2.07. The van der Waals surface area contributed by atoms with Gasteiger partial charge in [0.15, 0.2) is 5.54 Å². The lowest BCUT2D eigenvalue weighted by Crippen LogP contribution is -2.40. The van der Waals surface area contributed by atoms with Gasteiger partial charge in [0.1, 0.15) is 5.82 Å². The lowest BCUT2D eigenvalue weighted by molar-refractivity contribution is -0.142. The Kier molecular flexibility index (Phi) is 4.19. The molecule has 2 N–H and O–H groups in total. The molecule has 0 radical (unpaired) electrons. The molecule has 1 unspecified atom stereocenters. The largest absolute Gasteiger partial charge is 0.479 e. The number of benzene rings is 2. The van der Waals surface area contributed by atoms with Crippen LogP contribution in [0.15, 0.2) is 42.5 Å². The van der Waals surface area contributed by atoms with Gasteiger partial charge >= 0.3 is 5.97 Å². The Labute approximate surface area is 127 Å². The van der Waals surface area contributed by atoms with Gasteiger partial charge in [-0.1, -0.05) is 29.8 Å². The van der Waals surface area contributed by atoms with E-state index in [0.29, 0.717) is 11.3 Å². The van der Waals surface area contributed by atoms with Gasteiger partial charge in [0.05, 0.1) is 5.02 Å². The fraction of sp³-hybridized carbons (Fsp3) is 0.188. The van der Waals surface area contributed by atoms with E-state index in [1.54, 1.807) is 6.07 Å². The summed E-state index contributed by atoms with van der Waals surface area (Å²) in [6.07, 6.45) is 0. The molecular formula is C16H15ClFNO2. The molecule has 110 valence electrons. The summed E-state index contributed by atoms with van der Waals surface area (Å²) in [5.74, 6) is -1.66. The van der Waals surface area contributed by atoms with Crippen molar-refractivity contribution in [2.45, 2.75) is 19.4 Å². The van der Waals surface area contributed by atoms with Crippen LogP contribution in [-0.2, 0) is 10.3 Å². The van der Waals surface area contributed by atoms with Crippen LogP contribution in [0.4, 0.5) is 10.1 Å². The van der Waals surface area contributed by atoms with E-state index >= 15 is 0 Å². The summed E-state index contributed by atoms with van der Waals surface area (Å²) in [5.41, 5.74) is 0.638. The molecule has 0 fully saturated rings. The molecule has 0 heterocycles. The van der Waals surface area contributed by atoms with Gasteiger partial charge in [-0.15, -0.1) is 0 Å². The standard InChI is InChI=1S/C16H15ClFNO2/c1-10-4-3-5-12(8-10)19-16(2,15(20)21)11-6-7-14(18)13(17)9-11/h3-9,19H,1-2H3,(H,20,21). The summed E-state index contributed by atoms with van der Waals surface area (Å²) in [7, 11) is 0. The smallest absolute Gasteiger partial charge is 0.333 e. The predicted molar refractivity (Wildman–Crippen MR) is 81.2 cm³/mol. The molecule has 2 rings (SSSR count). The maximum absolute atomic E-state index is 13.3. The van der Waals surface area contributed by atoms with Gasteiger partial charge in [0.25, 0.3) is 0 Å². The normalized spacial score (nSPS) is 13.5. The Bertz CT molecular complexity index is 690. The van der Waals surface area contributed by atoms with Gasteiger partial charge in [-0.25, -0.2) is 9.18 Å². The fourth-order valence-corrected chi connectivity index (χ4v) is 2.25. The van der Waals surface area contributed by atoms with Gasteiger partial charge in [-0.05, 0) is 49.2 Å². The second kappa shape index (κ2) is 5.74. The molecule has 5 heteroatoms. The highest BCUT2D eigenvalue weighted by molar-refractivity contribution is 6.30. The monoisotopic (exact) mass is 307 g/mol. The Morgan fingerprint density at radius 1 is 1.29 bits per heavy atom. The molecule has 0 amide bonds. The maximum Gasteiger partial charge on any atom is 0.333 e. The van der Waals surface area contributed by atoms with Crippen molar-refractivity contribution >= 4 is 23.3 Å². The Morgan fingerprint density at radius 2 is 2.00 bits per heavy atom. The third kappa shape index (κ3) is 3.16. The van der Waals surface area contributed by atoms with Crippen molar-refractivity contribution in [2.75, 3.05) is 5.32 Å². The number of hydrogen-bond acceptors (Lipinski definition) is 2. The van der Waals surface area contributed by atoms with E-state index in [9.17, 15) is 14.3 Å². The maximum atomic E-state index is 13.3. The zero-order valence-corrected chi connectivity index (χ0v) is 12.4. The van der Waals surface area contributed by atoms with E-state index in [0.717, 1.165) is 11.6 Å². The average Bonchev–Trinajstić information content (AvgIpc) is 2.41. The zero-order valence-electron chi connectivity index (χ0n) is 11.7. The van der Waals surface area contributed by atoms with Crippen molar-refractivity contribution < 1.29 is 14.3 Å². The molecule has 0 spiro atoms. The molecule has 21 heavy (non-hydrogen) atoms. The van der Waals surface area contributed by atoms with Crippen molar-refractivity contribution in [2.24, 2.45) is 0 Å². The topological polar surface area (TPSA) is 49.3 Å². The molecule has 0 aromatic heterocycles. The SMILES string of the molecule is Cc1cccc(NC(C)(C(=O)O)c2ccc(F)c(Cl)c2)c1. The van der Waals surface area contributed by atoms with Gasteiger partial charge < -0.3 is 10.4 Å². The van der Waals surface area contributed by atoms with Crippen molar-refractivity contribution in [1.29, 1.82) is 0 Å². The summed E-state index contributed by atoms with van der Waals surface area (Å²) in [4.78, 5) is 11.7. The Balaban J connectivity index is 2.45. The highest BCUT2D eigenvalue weighted by atomic mass is 35.5. The molecule has 0 saturated heterocycles. The van der Waals surface area contributed by atoms with Gasteiger partial charge in [-0.3, -0.25) is 0 Å². The minimum absolute atomic E-state index is 0.106. The highest BCUT2D eigenvalue weighted by Crippen LogP contribution is 2.29. The Hall–Kier alpha value is -2.07. The van der Waals surface area contributed by atoms with Crippen LogP contribution in [0.1, 0.15) is 18.1 Å². The summed E-state index contributed by atoms with van der Waals surface area (Å²) < 4.78 is 13.3. The molecule has 2 aromatic rings. The van der Waals surface area contributed by atoms with Crippen molar-refractivity contribution in [3.8, 4) is 0 Å². The van der Waals surface area contributed by atoms with Crippen LogP contribution in [0.3, 0.4) is 0 Å². The number of carboxylic acid groups (broad SMARTS) is 1. The summed E-state index contributed by atoms with van der Waals surface area (Å²) in [6, 6.07) is 11.3. The Morgan fingerprint density at radius 3 is 2.57 bits per heavy atom. The second-order valence-corrected chi connectivity index (χ2v) is 5.46. The van der Waals surface area contributed by atoms with Crippen molar-refractivity contribution in [3.05, 3.63) is 64.4 Å². The minimum atomic E-state index is -1.41. The number of anilines is 1. The number of rotatable bonds is 4. The highest BCUT2D eigenvalue weighted by Gasteiger charge is 2.35. The molecule has 0 saturated carbocycles. The summed E-state index contributed by atoms with van der Waals surface area (Å²) >= 11 is 5.76. The van der Waals surface area contributed by atoms with E-state index in [2.05, 4.69) is 5.32 Å². The van der Waals surface area contributed by atoms with Crippen LogP contribution in [0.5, 0.6) is 0 Å². The minimum Gasteiger partial charge on any atom is -0.479 e. The van der Waals surface area contributed by atoms with E-state index < -0.39 is 17.3 Å². The molecule has 0 aliphatic heterocycles. The van der Waals surface area contributed by atoms with Crippen LogP contribution >= 0.6 is 11.6 Å². The number of hydrogen-bond donors (Lipinski definition) is 2. The molecule has 1 atom stereocenters. The summed E-state index contributed by atoms with van der Waals surface area (Å²) in [5, 5.41) is 12.4. The van der Waals surface area contributed by atoms with Crippen molar-refractivity contribution in [3.63, 3.8) is 0 Å². The van der Waals surface area contributed by atoms with Gasteiger partial charge in [0.2, 0.25) is 0 Å². The number of aliphatic carboxylic acids is 1. The average molecular weight is 308 g/mol. The second-order valence-electron chi connectivity index (χ2n) is 5.05. The third-order valence-electron chi connectivity index (χ3n) is 3.34.